The molecule has 3 aromatic rings. The van der Waals surface area contributed by atoms with Gasteiger partial charge in [0.2, 0.25) is 0 Å². The van der Waals surface area contributed by atoms with Crippen LogP contribution in [-0.2, 0) is 6.18 Å². The third kappa shape index (κ3) is 2.56. The van der Waals surface area contributed by atoms with Gasteiger partial charge in [-0.3, -0.25) is 0 Å². The molecule has 2 aromatic heterocycles. The van der Waals surface area contributed by atoms with Crippen molar-refractivity contribution < 1.29 is 17.7 Å². The number of benzene rings is 1. The molecule has 0 atom stereocenters. The summed E-state index contributed by atoms with van der Waals surface area (Å²) in [7, 11) is 0. The number of pyridine rings is 1. The molecule has 0 saturated carbocycles. The highest BCUT2D eigenvalue weighted by molar-refractivity contribution is 6.36. The van der Waals surface area contributed by atoms with Gasteiger partial charge in [0.15, 0.2) is 5.76 Å². The van der Waals surface area contributed by atoms with Gasteiger partial charge in [-0.15, -0.1) is 0 Å². The number of hydrogen-bond acceptors (Lipinski definition) is 3. The maximum absolute atomic E-state index is 12.6. The zero-order valence-electron chi connectivity index (χ0n) is 10.1. The largest absolute Gasteiger partial charge is 0.417 e. The summed E-state index contributed by atoms with van der Waals surface area (Å²) in [6.07, 6.45) is -3.76. The summed E-state index contributed by atoms with van der Waals surface area (Å²) in [5, 5.41) is 4.33. The number of rotatable bonds is 1. The van der Waals surface area contributed by atoms with Crippen molar-refractivity contribution in [2.75, 3.05) is 0 Å². The Morgan fingerprint density at radius 3 is 2.52 bits per heavy atom. The molecule has 0 radical (unpaired) electrons. The fourth-order valence-electron chi connectivity index (χ4n) is 1.84. The highest BCUT2D eigenvalue weighted by atomic mass is 35.5. The van der Waals surface area contributed by atoms with Gasteiger partial charge in [0.25, 0.3) is 0 Å². The van der Waals surface area contributed by atoms with Crippen molar-refractivity contribution in [1.29, 1.82) is 0 Å². The maximum Gasteiger partial charge on any atom is 0.417 e. The first-order valence-electron chi connectivity index (χ1n) is 5.64. The van der Waals surface area contributed by atoms with Crippen molar-refractivity contribution in [3.05, 3.63) is 46.1 Å². The van der Waals surface area contributed by atoms with Crippen LogP contribution in [0, 0.1) is 0 Å². The lowest BCUT2D eigenvalue weighted by Crippen LogP contribution is -2.05. The van der Waals surface area contributed by atoms with Crippen LogP contribution in [0.4, 0.5) is 13.2 Å². The van der Waals surface area contributed by atoms with Crippen LogP contribution in [0.25, 0.3) is 22.4 Å². The van der Waals surface area contributed by atoms with E-state index in [0.29, 0.717) is 15.6 Å². The van der Waals surface area contributed by atoms with E-state index in [-0.39, 0.29) is 16.8 Å². The van der Waals surface area contributed by atoms with E-state index >= 15 is 0 Å². The van der Waals surface area contributed by atoms with Gasteiger partial charge >= 0.3 is 6.18 Å². The van der Waals surface area contributed by atoms with E-state index in [1.165, 1.54) is 6.07 Å². The molecule has 0 amide bonds. The normalized spacial score (nSPS) is 12.0. The highest BCUT2D eigenvalue weighted by Crippen LogP contribution is 2.36. The predicted octanol–water partition coefficient (Wildman–Crippen LogP) is 5.22. The molecule has 0 unspecified atom stereocenters. The molecule has 0 aliphatic carbocycles. The van der Waals surface area contributed by atoms with E-state index in [2.05, 4.69) is 10.1 Å². The molecule has 0 saturated heterocycles. The number of alkyl halides is 3. The molecule has 0 fully saturated rings. The minimum Gasteiger partial charge on any atom is -0.353 e. The summed E-state index contributed by atoms with van der Waals surface area (Å²) in [6, 6.07) is 5.54. The fourth-order valence-corrected chi connectivity index (χ4v) is 2.34. The van der Waals surface area contributed by atoms with Crippen LogP contribution in [0.3, 0.4) is 0 Å². The van der Waals surface area contributed by atoms with Gasteiger partial charge in [-0.1, -0.05) is 28.4 Å². The summed E-state index contributed by atoms with van der Waals surface area (Å²) < 4.78 is 42.9. The smallest absolute Gasteiger partial charge is 0.353 e. The summed E-state index contributed by atoms with van der Waals surface area (Å²) in [5.41, 5.74) is -0.231. The standard InChI is InChI=1S/C13H5Cl2F3N2O/c14-7-1-2-8(9(15)4-7)12-11-10(20-21-12)3-6(5-19-11)13(16,17)18/h1-5H. The lowest BCUT2D eigenvalue weighted by Gasteiger charge is -2.05. The van der Waals surface area contributed by atoms with Crippen LogP contribution in [0.2, 0.25) is 10.0 Å². The summed E-state index contributed by atoms with van der Waals surface area (Å²) >= 11 is 11.8. The van der Waals surface area contributed by atoms with Gasteiger partial charge in [0.05, 0.1) is 10.6 Å². The fraction of sp³-hybridized carbons (Fsp3) is 0.0769. The molecule has 21 heavy (non-hydrogen) atoms. The van der Waals surface area contributed by atoms with E-state index in [0.717, 1.165) is 12.3 Å². The Labute approximate surface area is 126 Å². The zero-order valence-corrected chi connectivity index (χ0v) is 11.6. The third-order valence-electron chi connectivity index (χ3n) is 2.82. The van der Waals surface area contributed by atoms with E-state index < -0.39 is 11.7 Å². The lowest BCUT2D eigenvalue weighted by atomic mass is 10.1. The second-order valence-electron chi connectivity index (χ2n) is 4.23. The van der Waals surface area contributed by atoms with Gasteiger partial charge in [-0.25, -0.2) is 4.98 Å². The van der Waals surface area contributed by atoms with E-state index in [1.54, 1.807) is 12.1 Å². The maximum atomic E-state index is 12.6. The number of fused-ring (bicyclic) bond motifs is 1. The number of halogens is 5. The molecule has 2 heterocycles. The summed E-state index contributed by atoms with van der Waals surface area (Å²) in [4.78, 5) is 3.78. The van der Waals surface area contributed by atoms with Gasteiger partial charge in [0.1, 0.15) is 11.0 Å². The van der Waals surface area contributed by atoms with E-state index in [1.807, 2.05) is 0 Å². The molecule has 3 rings (SSSR count). The van der Waals surface area contributed by atoms with Crippen LogP contribution < -0.4 is 0 Å². The molecule has 0 spiro atoms. The van der Waals surface area contributed by atoms with Crippen molar-refractivity contribution in [2.45, 2.75) is 6.18 Å². The van der Waals surface area contributed by atoms with Crippen LogP contribution >= 0.6 is 23.2 Å². The van der Waals surface area contributed by atoms with Gasteiger partial charge in [-0.2, -0.15) is 13.2 Å². The summed E-state index contributed by atoms with van der Waals surface area (Å²) in [6.45, 7) is 0. The molecule has 8 heteroatoms. The molecule has 108 valence electrons. The topological polar surface area (TPSA) is 38.9 Å². The first-order valence-corrected chi connectivity index (χ1v) is 6.40. The van der Waals surface area contributed by atoms with E-state index in [9.17, 15) is 13.2 Å². The van der Waals surface area contributed by atoms with Gasteiger partial charge < -0.3 is 4.52 Å². The van der Waals surface area contributed by atoms with Crippen molar-refractivity contribution >= 4 is 34.2 Å². The minimum atomic E-state index is -4.49. The highest BCUT2D eigenvalue weighted by Gasteiger charge is 2.32. The second-order valence-corrected chi connectivity index (χ2v) is 5.07. The molecule has 3 nitrogen and oxygen atoms in total. The SMILES string of the molecule is FC(F)(F)c1cnc2c(-c3ccc(Cl)cc3Cl)onc2c1. The quantitative estimate of drug-likeness (QED) is 0.613. The predicted molar refractivity (Wildman–Crippen MR) is 72.3 cm³/mol. The van der Waals surface area contributed by atoms with Crippen molar-refractivity contribution in [3.8, 4) is 11.3 Å². The van der Waals surface area contributed by atoms with Crippen LogP contribution in [-0.4, -0.2) is 10.1 Å². The Bertz CT molecular complexity index is 830. The second kappa shape index (κ2) is 4.89. The number of hydrogen-bond donors (Lipinski definition) is 0. The Kier molecular flexibility index (Phi) is 3.30. The summed E-state index contributed by atoms with van der Waals surface area (Å²) in [5.74, 6) is 0.195. The first-order chi connectivity index (χ1) is 9.86. The van der Waals surface area contributed by atoms with Crippen molar-refractivity contribution in [1.82, 2.24) is 10.1 Å². The zero-order chi connectivity index (χ0) is 15.2. The molecular formula is C13H5Cl2F3N2O. The van der Waals surface area contributed by atoms with Gasteiger partial charge in [0, 0.05) is 16.8 Å². The molecule has 0 bridgehead atoms. The molecule has 0 aliphatic heterocycles. The first kappa shape index (κ1) is 14.2. The minimum absolute atomic E-state index is 0.00541. The third-order valence-corrected chi connectivity index (χ3v) is 3.37. The van der Waals surface area contributed by atoms with Crippen LogP contribution in [0.1, 0.15) is 5.56 Å². The van der Waals surface area contributed by atoms with Crippen molar-refractivity contribution in [3.63, 3.8) is 0 Å². The molecular weight excluding hydrogens is 328 g/mol. The molecule has 0 N–H and O–H groups in total. The lowest BCUT2D eigenvalue weighted by molar-refractivity contribution is -0.137. The molecule has 0 aliphatic rings. The Balaban J connectivity index is 2.17. The average molecular weight is 333 g/mol. The average Bonchev–Trinajstić information content (AvgIpc) is 2.80. The number of nitrogens with zero attached hydrogens (tertiary/aromatic N) is 2. The Morgan fingerprint density at radius 2 is 1.86 bits per heavy atom. The monoisotopic (exact) mass is 332 g/mol. The molecule has 1 aromatic carbocycles. The van der Waals surface area contributed by atoms with Gasteiger partial charge in [-0.05, 0) is 24.3 Å². The van der Waals surface area contributed by atoms with Crippen molar-refractivity contribution in [2.24, 2.45) is 0 Å². The van der Waals surface area contributed by atoms with E-state index in [4.69, 9.17) is 27.7 Å². The Morgan fingerprint density at radius 1 is 1.10 bits per heavy atom. The van der Waals surface area contributed by atoms with Crippen LogP contribution in [0.15, 0.2) is 35.0 Å². The number of aromatic nitrogens is 2. The Hall–Kier alpha value is -1.79. The van der Waals surface area contributed by atoms with Crippen LogP contribution in [0.5, 0.6) is 0 Å².